The van der Waals surface area contributed by atoms with Gasteiger partial charge in [-0.3, -0.25) is 0 Å². The second-order valence-electron chi connectivity index (χ2n) is 4.16. The van der Waals surface area contributed by atoms with Crippen molar-refractivity contribution in [1.29, 1.82) is 0 Å². The zero-order valence-electron chi connectivity index (χ0n) is 9.84. The second kappa shape index (κ2) is 5.31. The number of benzene rings is 1. The maximum absolute atomic E-state index is 8.59. The van der Waals surface area contributed by atoms with Gasteiger partial charge in [0, 0.05) is 30.1 Å². The van der Waals surface area contributed by atoms with Crippen LogP contribution in [0.15, 0.2) is 29.4 Å². The van der Waals surface area contributed by atoms with Crippen molar-refractivity contribution in [3.8, 4) is 0 Å². The molecule has 1 heterocycles. The number of amidine groups is 1. The maximum atomic E-state index is 8.59. The number of nitrogens with two attached hydrogens (primary N) is 1. The quantitative estimate of drug-likeness (QED) is 0.372. The molecule has 1 saturated heterocycles. The summed E-state index contributed by atoms with van der Waals surface area (Å²) in [7, 11) is 2.12. The molecule has 0 bridgehead atoms. The Bertz CT molecular complexity index is 399. The van der Waals surface area contributed by atoms with E-state index in [-0.39, 0.29) is 5.84 Å². The minimum absolute atomic E-state index is 0.149. The molecular weight excluding hydrogens is 234 g/mol. The van der Waals surface area contributed by atoms with Gasteiger partial charge in [-0.2, -0.15) is 11.8 Å². The molecule has 4 nitrogen and oxygen atoms in total. The van der Waals surface area contributed by atoms with Crippen molar-refractivity contribution in [2.45, 2.75) is 12.5 Å². The van der Waals surface area contributed by atoms with Crippen LogP contribution in [0.2, 0.25) is 0 Å². The fourth-order valence-electron chi connectivity index (χ4n) is 1.96. The topological polar surface area (TPSA) is 61.8 Å². The van der Waals surface area contributed by atoms with Gasteiger partial charge in [0.05, 0.1) is 0 Å². The van der Waals surface area contributed by atoms with Crippen LogP contribution in [0.3, 0.4) is 0 Å². The van der Waals surface area contributed by atoms with Crippen molar-refractivity contribution >= 4 is 23.3 Å². The molecule has 0 radical (unpaired) electrons. The summed E-state index contributed by atoms with van der Waals surface area (Å²) in [5, 5.41) is 11.6. The maximum Gasteiger partial charge on any atom is 0.170 e. The SMILES string of the molecule is CN(c1ccc(/C(N)=N/O)cc1)C1CCSC1. The number of hydrogen-bond acceptors (Lipinski definition) is 4. The zero-order chi connectivity index (χ0) is 12.3. The van der Waals surface area contributed by atoms with E-state index in [2.05, 4.69) is 17.1 Å². The summed E-state index contributed by atoms with van der Waals surface area (Å²) in [6, 6.07) is 8.40. The standard InChI is InChI=1S/C12H17N3OS/c1-15(11-6-7-17-8-11)10-4-2-9(3-5-10)12(13)14-16/h2-5,11,16H,6-8H2,1H3,(H2,13,14). The van der Waals surface area contributed by atoms with E-state index in [0.29, 0.717) is 6.04 Å². The van der Waals surface area contributed by atoms with E-state index in [9.17, 15) is 0 Å². The monoisotopic (exact) mass is 251 g/mol. The van der Waals surface area contributed by atoms with E-state index in [4.69, 9.17) is 10.9 Å². The van der Waals surface area contributed by atoms with Gasteiger partial charge in [0.1, 0.15) is 0 Å². The highest BCUT2D eigenvalue weighted by Gasteiger charge is 2.20. The lowest BCUT2D eigenvalue weighted by Gasteiger charge is -2.26. The molecule has 1 atom stereocenters. The number of thioether (sulfide) groups is 1. The van der Waals surface area contributed by atoms with Crippen molar-refractivity contribution in [3.63, 3.8) is 0 Å². The molecule has 2 rings (SSSR count). The zero-order valence-corrected chi connectivity index (χ0v) is 10.7. The van der Waals surface area contributed by atoms with E-state index in [1.54, 1.807) is 0 Å². The molecule has 3 N–H and O–H groups in total. The van der Waals surface area contributed by atoms with Gasteiger partial charge in [-0.25, -0.2) is 0 Å². The first kappa shape index (κ1) is 12.1. The Morgan fingerprint density at radius 1 is 1.47 bits per heavy atom. The van der Waals surface area contributed by atoms with Gasteiger partial charge >= 0.3 is 0 Å². The highest BCUT2D eigenvalue weighted by atomic mass is 32.2. The predicted octanol–water partition coefficient (Wildman–Crippen LogP) is 1.72. The fourth-order valence-corrected chi connectivity index (χ4v) is 3.23. The summed E-state index contributed by atoms with van der Waals surface area (Å²) in [4.78, 5) is 2.30. The van der Waals surface area contributed by atoms with Crippen molar-refractivity contribution in [3.05, 3.63) is 29.8 Å². The molecule has 1 fully saturated rings. The third-order valence-electron chi connectivity index (χ3n) is 3.13. The van der Waals surface area contributed by atoms with E-state index in [1.807, 2.05) is 36.0 Å². The number of rotatable bonds is 3. The Kier molecular flexibility index (Phi) is 3.78. The summed E-state index contributed by atoms with van der Waals surface area (Å²) in [5.41, 5.74) is 7.44. The Balaban J connectivity index is 2.11. The van der Waals surface area contributed by atoms with E-state index < -0.39 is 0 Å². The number of nitrogens with zero attached hydrogens (tertiary/aromatic N) is 2. The Morgan fingerprint density at radius 3 is 2.71 bits per heavy atom. The van der Waals surface area contributed by atoms with Crippen molar-refractivity contribution in [2.75, 3.05) is 23.5 Å². The lowest BCUT2D eigenvalue weighted by atomic mass is 10.1. The summed E-state index contributed by atoms with van der Waals surface area (Å²) in [6.45, 7) is 0. The molecule has 0 aliphatic carbocycles. The molecule has 1 aliphatic rings. The molecule has 92 valence electrons. The first-order valence-electron chi connectivity index (χ1n) is 5.61. The molecule has 5 heteroatoms. The third-order valence-corrected chi connectivity index (χ3v) is 4.28. The van der Waals surface area contributed by atoms with E-state index in [0.717, 1.165) is 5.56 Å². The number of hydrogen-bond donors (Lipinski definition) is 2. The minimum Gasteiger partial charge on any atom is -0.409 e. The van der Waals surface area contributed by atoms with Crippen LogP contribution in [0.5, 0.6) is 0 Å². The van der Waals surface area contributed by atoms with Crippen LogP contribution in [0.4, 0.5) is 5.69 Å². The van der Waals surface area contributed by atoms with Crippen LogP contribution in [0.1, 0.15) is 12.0 Å². The molecule has 1 aromatic rings. The first-order valence-corrected chi connectivity index (χ1v) is 6.76. The van der Waals surface area contributed by atoms with Crippen LogP contribution < -0.4 is 10.6 Å². The average molecular weight is 251 g/mol. The van der Waals surface area contributed by atoms with Crippen molar-refractivity contribution in [2.24, 2.45) is 10.9 Å². The minimum atomic E-state index is 0.149. The molecule has 1 aromatic carbocycles. The van der Waals surface area contributed by atoms with Gasteiger partial charge in [0.2, 0.25) is 0 Å². The van der Waals surface area contributed by atoms with E-state index >= 15 is 0 Å². The van der Waals surface area contributed by atoms with Crippen molar-refractivity contribution in [1.82, 2.24) is 0 Å². The molecule has 0 aromatic heterocycles. The predicted molar refractivity (Wildman–Crippen MR) is 73.1 cm³/mol. The highest BCUT2D eigenvalue weighted by molar-refractivity contribution is 7.99. The van der Waals surface area contributed by atoms with Gasteiger partial charge in [-0.1, -0.05) is 5.16 Å². The molecule has 1 aliphatic heterocycles. The fraction of sp³-hybridized carbons (Fsp3) is 0.417. The first-order chi connectivity index (χ1) is 8.22. The second-order valence-corrected chi connectivity index (χ2v) is 5.31. The Hall–Kier alpha value is -1.36. The largest absolute Gasteiger partial charge is 0.409 e. The molecule has 1 unspecified atom stereocenters. The van der Waals surface area contributed by atoms with Gasteiger partial charge in [0.15, 0.2) is 5.84 Å². The lowest BCUT2D eigenvalue weighted by molar-refractivity contribution is 0.318. The smallest absolute Gasteiger partial charge is 0.170 e. The van der Waals surface area contributed by atoms with E-state index in [1.165, 1.54) is 23.6 Å². The molecule has 0 amide bonds. The van der Waals surface area contributed by atoms with Gasteiger partial charge in [-0.15, -0.1) is 0 Å². The Labute approximate surface area is 105 Å². The van der Waals surface area contributed by atoms with Crippen LogP contribution in [-0.4, -0.2) is 35.6 Å². The number of oxime groups is 1. The van der Waals surface area contributed by atoms with Crippen LogP contribution in [0.25, 0.3) is 0 Å². The molecule has 0 spiro atoms. The summed E-state index contributed by atoms with van der Waals surface area (Å²) >= 11 is 2.00. The van der Waals surface area contributed by atoms with Gasteiger partial charge in [0.25, 0.3) is 0 Å². The summed E-state index contributed by atoms with van der Waals surface area (Å²) < 4.78 is 0. The van der Waals surface area contributed by atoms with Crippen LogP contribution in [0, 0.1) is 0 Å². The molecular formula is C12H17N3OS. The molecule has 0 saturated carbocycles. The van der Waals surface area contributed by atoms with Crippen LogP contribution >= 0.6 is 11.8 Å². The third kappa shape index (κ3) is 2.66. The Morgan fingerprint density at radius 2 is 2.18 bits per heavy atom. The van der Waals surface area contributed by atoms with Crippen LogP contribution in [-0.2, 0) is 0 Å². The lowest BCUT2D eigenvalue weighted by Crippen LogP contribution is -2.31. The summed E-state index contributed by atoms with van der Waals surface area (Å²) in [6.07, 6.45) is 1.24. The molecule has 17 heavy (non-hydrogen) atoms. The van der Waals surface area contributed by atoms with Crippen molar-refractivity contribution < 1.29 is 5.21 Å². The normalized spacial score (nSPS) is 20.5. The van der Waals surface area contributed by atoms with Gasteiger partial charge in [-0.05, 0) is 36.4 Å². The highest BCUT2D eigenvalue weighted by Crippen LogP contribution is 2.25. The summed E-state index contributed by atoms with van der Waals surface area (Å²) in [5.74, 6) is 2.59. The number of anilines is 1. The van der Waals surface area contributed by atoms with Gasteiger partial charge < -0.3 is 15.8 Å². The average Bonchev–Trinajstić information content (AvgIpc) is 2.91.